The summed E-state index contributed by atoms with van der Waals surface area (Å²) >= 11 is 0. The molecular weight excluding hydrogens is 243 g/mol. The van der Waals surface area contributed by atoms with E-state index >= 15 is 0 Å². The lowest BCUT2D eigenvalue weighted by Gasteiger charge is -2.36. The summed E-state index contributed by atoms with van der Waals surface area (Å²) in [5.41, 5.74) is -1.41. The number of piperidine rings is 1. The third-order valence-electron chi connectivity index (χ3n) is 4.58. The summed E-state index contributed by atoms with van der Waals surface area (Å²) in [6.07, 6.45) is -1.39. The van der Waals surface area contributed by atoms with E-state index in [9.17, 15) is 18.3 Å². The minimum Gasteiger partial charge on any atom is -0.393 e. The van der Waals surface area contributed by atoms with E-state index in [0.717, 1.165) is 19.3 Å². The largest absolute Gasteiger partial charge is 0.395 e. The van der Waals surface area contributed by atoms with Gasteiger partial charge in [0.05, 0.1) is 11.5 Å². The molecule has 0 bridgehead atoms. The zero-order valence-electron chi connectivity index (χ0n) is 10.8. The van der Waals surface area contributed by atoms with E-state index in [4.69, 9.17) is 0 Å². The molecule has 2 rings (SSSR count). The molecule has 18 heavy (non-hydrogen) atoms. The molecule has 1 saturated carbocycles. The third-order valence-corrected chi connectivity index (χ3v) is 4.58. The molecule has 2 fully saturated rings. The Balaban J connectivity index is 1.81. The first-order chi connectivity index (χ1) is 8.38. The Labute approximate surface area is 106 Å². The highest BCUT2D eigenvalue weighted by atomic mass is 19.4. The highest BCUT2D eigenvalue weighted by Crippen LogP contribution is 2.58. The molecule has 1 aliphatic carbocycles. The molecule has 0 aromatic carbocycles. The number of alkyl halides is 3. The van der Waals surface area contributed by atoms with E-state index < -0.39 is 11.6 Å². The van der Waals surface area contributed by atoms with Crippen LogP contribution in [-0.4, -0.2) is 41.9 Å². The third kappa shape index (κ3) is 2.82. The molecule has 1 saturated heterocycles. The van der Waals surface area contributed by atoms with Crippen molar-refractivity contribution in [1.82, 2.24) is 4.90 Å². The van der Waals surface area contributed by atoms with E-state index in [1.807, 2.05) is 11.8 Å². The average Bonchev–Trinajstić information content (AvgIpc) is 3.09. The first-order valence-corrected chi connectivity index (χ1v) is 6.85. The van der Waals surface area contributed by atoms with Crippen LogP contribution in [-0.2, 0) is 0 Å². The van der Waals surface area contributed by atoms with Crippen LogP contribution in [0.2, 0.25) is 0 Å². The lowest BCUT2D eigenvalue weighted by atomic mass is 9.89. The van der Waals surface area contributed by atoms with E-state index in [1.165, 1.54) is 0 Å². The molecular formula is C13H22F3NO. The van der Waals surface area contributed by atoms with Crippen molar-refractivity contribution in [3.05, 3.63) is 0 Å². The number of nitrogens with zero attached hydrogens (tertiary/aromatic N) is 1. The standard InChI is InChI=1S/C13H22F3NO/c1-2-11(18)10-3-7-17(8-4-10)9-12(5-6-12)13(14,15)16/h10-11,18H,2-9H2,1H3. The van der Waals surface area contributed by atoms with Crippen molar-refractivity contribution < 1.29 is 18.3 Å². The number of likely N-dealkylation sites (tertiary alicyclic amines) is 1. The van der Waals surface area contributed by atoms with Crippen molar-refractivity contribution in [3.63, 3.8) is 0 Å². The zero-order valence-corrected chi connectivity index (χ0v) is 10.8. The minimum atomic E-state index is -4.05. The zero-order chi connectivity index (χ0) is 13.4. The topological polar surface area (TPSA) is 23.5 Å². The van der Waals surface area contributed by atoms with Crippen molar-refractivity contribution in [2.45, 2.75) is 51.3 Å². The van der Waals surface area contributed by atoms with Gasteiger partial charge < -0.3 is 10.0 Å². The van der Waals surface area contributed by atoms with Gasteiger partial charge in [-0.3, -0.25) is 0 Å². The minimum absolute atomic E-state index is 0.158. The van der Waals surface area contributed by atoms with E-state index in [0.29, 0.717) is 13.1 Å². The van der Waals surface area contributed by atoms with Crippen molar-refractivity contribution in [3.8, 4) is 0 Å². The highest BCUT2D eigenvalue weighted by Gasteiger charge is 2.63. The van der Waals surface area contributed by atoms with Gasteiger partial charge in [-0.1, -0.05) is 6.92 Å². The summed E-state index contributed by atoms with van der Waals surface area (Å²) in [4.78, 5) is 1.93. The molecule has 1 heterocycles. The fourth-order valence-corrected chi connectivity index (χ4v) is 2.94. The number of hydrogen-bond acceptors (Lipinski definition) is 2. The van der Waals surface area contributed by atoms with Gasteiger partial charge in [-0.25, -0.2) is 0 Å². The van der Waals surface area contributed by atoms with Crippen molar-refractivity contribution in [1.29, 1.82) is 0 Å². The average molecular weight is 265 g/mol. The Morgan fingerprint density at radius 2 is 1.83 bits per heavy atom. The molecule has 106 valence electrons. The maximum atomic E-state index is 12.8. The predicted octanol–water partition coefficient (Wildman–Crippen LogP) is 2.81. The summed E-state index contributed by atoms with van der Waals surface area (Å²) in [5, 5.41) is 9.74. The lowest BCUT2D eigenvalue weighted by Crippen LogP contribution is -2.43. The quantitative estimate of drug-likeness (QED) is 0.845. The van der Waals surface area contributed by atoms with Gasteiger partial charge in [-0.2, -0.15) is 13.2 Å². The van der Waals surface area contributed by atoms with Crippen LogP contribution in [0.4, 0.5) is 13.2 Å². The number of hydrogen-bond donors (Lipinski definition) is 1. The van der Waals surface area contributed by atoms with Gasteiger partial charge in [0.25, 0.3) is 0 Å². The molecule has 0 aromatic heterocycles. The Hall–Kier alpha value is -0.290. The predicted molar refractivity (Wildman–Crippen MR) is 63.2 cm³/mol. The van der Waals surface area contributed by atoms with Crippen LogP contribution in [0.3, 0.4) is 0 Å². The van der Waals surface area contributed by atoms with Crippen LogP contribution in [0.1, 0.15) is 39.0 Å². The summed E-state index contributed by atoms with van der Waals surface area (Å²) in [5.74, 6) is 0.271. The van der Waals surface area contributed by atoms with Crippen LogP contribution in [0.5, 0.6) is 0 Å². The van der Waals surface area contributed by atoms with Crippen LogP contribution >= 0.6 is 0 Å². The normalized spacial score (nSPS) is 27.2. The van der Waals surface area contributed by atoms with Crippen molar-refractivity contribution in [2.75, 3.05) is 19.6 Å². The second kappa shape index (κ2) is 5.00. The molecule has 0 aromatic rings. The monoisotopic (exact) mass is 265 g/mol. The summed E-state index contributed by atoms with van der Waals surface area (Å²) < 4.78 is 38.5. The van der Waals surface area contributed by atoms with Crippen LogP contribution in [0.15, 0.2) is 0 Å². The van der Waals surface area contributed by atoms with Crippen LogP contribution in [0, 0.1) is 11.3 Å². The molecule has 5 heteroatoms. The SMILES string of the molecule is CCC(O)C1CCN(CC2(C(F)(F)F)CC2)CC1. The summed E-state index contributed by atoms with van der Waals surface area (Å²) in [6, 6.07) is 0. The van der Waals surface area contributed by atoms with Gasteiger partial charge in [0, 0.05) is 6.54 Å². The maximum absolute atomic E-state index is 12.8. The Morgan fingerprint density at radius 1 is 1.28 bits per heavy atom. The first-order valence-electron chi connectivity index (χ1n) is 6.85. The number of halogens is 3. The fraction of sp³-hybridized carbons (Fsp3) is 1.00. The molecule has 2 nitrogen and oxygen atoms in total. The van der Waals surface area contributed by atoms with Gasteiger partial charge in [0.15, 0.2) is 0 Å². The van der Waals surface area contributed by atoms with Crippen molar-refractivity contribution in [2.24, 2.45) is 11.3 Å². The molecule has 0 amide bonds. The second-order valence-electron chi connectivity index (χ2n) is 5.87. The number of rotatable bonds is 4. The van der Waals surface area contributed by atoms with E-state index in [1.54, 1.807) is 0 Å². The fourth-order valence-electron chi connectivity index (χ4n) is 2.94. The molecule has 0 spiro atoms. The molecule has 1 atom stereocenters. The number of aliphatic hydroxyl groups excluding tert-OH is 1. The number of aliphatic hydroxyl groups is 1. The molecule has 0 radical (unpaired) electrons. The van der Waals surface area contributed by atoms with Gasteiger partial charge in [0.2, 0.25) is 0 Å². The Bertz CT molecular complexity index is 280. The van der Waals surface area contributed by atoms with Gasteiger partial charge in [0.1, 0.15) is 0 Å². The molecule has 2 aliphatic rings. The van der Waals surface area contributed by atoms with Gasteiger partial charge in [-0.15, -0.1) is 0 Å². The lowest BCUT2D eigenvalue weighted by molar-refractivity contribution is -0.192. The smallest absolute Gasteiger partial charge is 0.393 e. The molecule has 1 aliphatic heterocycles. The Morgan fingerprint density at radius 3 is 2.22 bits per heavy atom. The molecule has 1 N–H and O–H groups in total. The highest BCUT2D eigenvalue weighted by molar-refractivity contribution is 5.01. The van der Waals surface area contributed by atoms with Crippen LogP contribution < -0.4 is 0 Å². The maximum Gasteiger partial charge on any atom is 0.395 e. The Kier molecular flexibility index (Phi) is 3.93. The molecule has 1 unspecified atom stereocenters. The van der Waals surface area contributed by atoms with Gasteiger partial charge in [-0.05, 0) is 51.1 Å². The van der Waals surface area contributed by atoms with E-state index in [2.05, 4.69) is 0 Å². The van der Waals surface area contributed by atoms with Crippen LogP contribution in [0.25, 0.3) is 0 Å². The van der Waals surface area contributed by atoms with Crippen molar-refractivity contribution >= 4 is 0 Å². The summed E-state index contributed by atoms with van der Waals surface area (Å²) in [7, 11) is 0. The van der Waals surface area contributed by atoms with E-state index in [-0.39, 0.29) is 31.4 Å². The second-order valence-corrected chi connectivity index (χ2v) is 5.87. The van der Waals surface area contributed by atoms with Gasteiger partial charge >= 0.3 is 6.18 Å². The first kappa shape index (κ1) is 14.1. The summed E-state index contributed by atoms with van der Waals surface area (Å²) in [6.45, 7) is 3.49.